The van der Waals surface area contributed by atoms with Gasteiger partial charge in [0.1, 0.15) is 17.7 Å². The van der Waals surface area contributed by atoms with Gasteiger partial charge in [0.25, 0.3) is 5.91 Å². The number of aromatic nitrogens is 1. The third-order valence-electron chi connectivity index (χ3n) is 5.51. The van der Waals surface area contributed by atoms with E-state index in [2.05, 4.69) is 5.16 Å². The average Bonchev–Trinajstić information content (AvgIpc) is 3.40. The van der Waals surface area contributed by atoms with E-state index in [0.29, 0.717) is 22.7 Å². The van der Waals surface area contributed by atoms with Crippen LogP contribution in [-0.4, -0.2) is 29.1 Å². The van der Waals surface area contributed by atoms with E-state index in [1.165, 1.54) is 18.3 Å². The molecule has 7 nitrogen and oxygen atoms in total. The van der Waals surface area contributed by atoms with E-state index in [-0.39, 0.29) is 23.2 Å². The lowest BCUT2D eigenvalue weighted by atomic mass is 9.84. The first-order chi connectivity index (χ1) is 15.7. The predicted octanol–water partition coefficient (Wildman–Crippen LogP) is 5.26. The minimum atomic E-state index is -0.818. The van der Waals surface area contributed by atoms with Crippen LogP contribution in [0.5, 0.6) is 5.75 Å². The number of para-hydroxylation sites is 1. The minimum Gasteiger partial charge on any atom is -0.503 e. The summed E-state index contributed by atoms with van der Waals surface area (Å²) in [4.78, 5) is 28.1. The van der Waals surface area contributed by atoms with E-state index in [1.54, 1.807) is 30.3 Å². The van der Waals surface area contributed by atoms with Gasteiger partial charge < -0.3 is 14.4 Å². The summed E-state index contributed by atoms with van der Waals surface area (Å²) in [6.07, 6.45) is 1.67. The Bertz CT molecular complexity index is 1200. The molecule has 0 saturated carbocycles. The van der Waals surface area contributed by atoms with Crippen molar-refractivity contribution in [1.29, 1.82) is 0 Å². The summed E-state index contributed by atoms with van der Waals surface area (Å²) >= 11 is 0. The zero-order chi connectivity index (χ0) is 23.8. The zero-order valence-corrected chi connectivity index (χ0v) is 19.0. The van der Waals surface area contributed by atoms with Crippen molar-refractivity contribution >= 4 is 17.4 Å². The highest BCUT2D eigenvalue weighted by molar-refractivity contribution is 6.16. The van der Waals surface area contributed by atoms with Gasteiger partial charge in [-0.1, -0.05) is 56.3 Å². The fraction of sp³-hybridized carbons (Fsp3) is 0.269. The first-order valence-electron chi connectivity index (χ1n) is 10.6. The Balaban J connectivity index is 1.82. The van der Waals surface area contributed by atoms with Gasteiger partial charge in [0.05, 0.1) is 18.7 Å². The lowest BCUT2D eigenvalue weighted by Gasteiger charge is -2.29. The summed E-state index contributed by atoms with van der Waals surface area (Å²) in [7, 11) is 1.53. The van der Waals surface area contributed by atoms with Crippen LogP contribution in [0.15, 0.2) is 76.7 Å². The van der Waals surface area contributed by atoms with Gasteiger partial charge in [0.2, 0.25) is 0 Å². The van der Waals surface area contributed by atoms with Gasteiger partial charge in [0.15, 0.2) is 11.5 Å². The topological polar surface area (TPSA) is 92.9 Å². The number of ether oxygens (including phenoxy) is 1. The number of methoxy groups -OCH3 is 1. The van der Waals surface area contributed by atoms with Crippen LogP contribution in [0.4, 0.5) is 5.69 Å². The molecule has 170 valence electrons. The number of aliphatic hydroxyl groups is 1. The van der Waals surface area contributed by atoms with E-state index in [4.69, 9.17) is 9.26 Å². The lowest BCUT2D eigenvalue weighted by molar-refractivity contribution is -0.118. The molecule has 0 bridgehead atoms. The maximum absolute atomic E-state index is 13.3. The van der Waals surface area contributed by atoms with Gasteiger partial charge in [0, 0.05) is 29.3 Å². The van der Waals surface area contributed by atoms with Crippen LogP contribution >= 0.6 is 0 Å². The van der Waals surface area contributed by atoms with Crippen LogP contribution in [0, 0.1) is 5.41 Å². The van der Waals surface area contributed by atoms with E-state index in [1.807, 2.05) is 45.0 Å². The van der Waals surface area contributed by atoms with Crippen LogP contribution in [0.1, 0.15) is 38.8 Å². The monoisotopic (exact) mass is 446 g/mol. The maximum Gasteiger partial charge on any atom is 0.294 e. The second-order valence-corrected chi connectivity index (χ2v) is 9.17. The molecule has 0 fully saturated rings. The Labute approximate surface area is 192 Å². The van der Waals surface area contributed by atoms with Gasteiger partial charge in [-0.15, -0.1) is 0 Å². The molecular formula is C26H26N2O5. The van der Waals surface area contributed by atoms with E-state index in [9.17, 15) is 14.7 Å². The van der Waals surface area contributed by atoms with Crippen molar-refractivity contribution in [1.82, 2.24) is 5.16 Å². The van der Waals surface area contributed by atoms with Gasteiger partial charge in [-0.05, 0) is 23.6 Å². The Morgan fingerprint density at radius 3 is 2.42 bits per heavy atom. The number of hydrogen-bond donors (Lipinski definition) is 1. The molecule has 33 heavy (non-hydrogen) atoms. The predicted molar refractivity (Wildman–Crippen MR) is 124 cm³/mol. The maximum atomic E-state index is 13.3. The Morgan fingerprint density at radius 2 is 1.82 bits per heavy atom. The molecular weight excluding hydrogens is 420 g/mol. The molecule has 1 unspecified atom stereocenters. The number of carbonyl (C=O) groups is 2. The fourth-order valence-corrected chi connectivity index (χ4v) is 4.07. The molecule has 0 radical (unpaired) electrons. The minimum absolute atomic E-state index is 0.0833. The molecule has 1 amide bonds. The second kappa shape index (κ2) is 8.58. The lowest BCUT2D eigenvalue weighted by Crippen LogP contribution is -2.31. The molecule has 0 saturated heterocycles. The first kappa shape index (κ1) is 22.3. The van der Waals surface area contributed by atoms with Gasteiger partial charge in [-0.3, -0.25) is 14.5 Å². The number of amides is 1. The highest BCUT2D eigenvalue weighted by Gasteiger charge is 2.45. The smallest absolute Gasteiger partial charge is 0.294 e. The number of Topliss-reactive ketones (excluding diaryl/α,β-unsaturated/α-hetero) is 1. The molecule has 0 aliphatic carbocycles. The number of aliphatic hydroxyl groups excluding tert-OH is 1. The van der Waals surface area contributed by atoms with Crippen molar-refractivity contribution in [3.8, 4) is 17.0 Å². The molecule has 1 N–H and O–H groups in total. The molecule has 1 atom stereocenters. The summed E-state index contributed by atoms with van der Waals surface area (Å²) in [6, 6.07) is 15.3. The molecule has 4 rings (SSSR count). The zero-order valence-electron chi connectivity index (χ0n) is 19.0. The molecule has 0 spiro atoms. The summed E-state index contributed by atoms with van der Waals surface area (Å²) in [5.41, 5.74) is 2.40. The highest BCUT2D eigenvalue weighted by Crippen LogP contribution is 2.45. The average molecular weight is 447 g/mol. The van der Waals surface area contributed by atoms with Crippen molar-refractivity contribution < 1.29 is 24.0 Å². The van der Waals surface area contributed by atoms with Crippen molar-refractivity contribution in [2.45, 2.75) is 33.2 Å². The molecule has 7 heteroatoms. The fourth-order valence-electron chi connectivity index (χ4n) is 4.07. The van der Waals surface area contributed by atoms with Crippen LogP contribution < -0.4 is 9.64 Å². The van der Waals surface area contributed by atoms with Gasteiger partial charge in [-0.2, -0.15) is 0 Å². The Kier molecular flexibility index (Phi) is 5.80. The third kappa shape index (κ3) is 4.26. The SMILES string of the molecule is COc1ccccc1C1C(C(=O)CC(C)(C)C)=C(O)C(=O)N1c1ccc(-c2ccon2)cc1. The van der Waals surface area contributed by atoms with Crippen LogP contribution in [0.3, 0.4) is 0 Å². The van der Waals surface area contributed by atoms with E-state index in [0.717, 1.165) is 5.56 Å². The largest absolute Gasteiger partial charge is 0.503 e. The number of nitrogens with zero attached hydrogens (tertiary/aromatic N) is 2. The summed E-state index contributed by atoms with van der Waals surface area (Å²) in [5, 5.41) is 14.8. The van der Waals surface area contributed by atoms with Gasteiger partial charge >= 0.3 is 0 Å². The first-order valence-corrected chi connectivity index (χ1v) is 10.6. The van der Waals surface area contributed by atoms with Crippen LogP contribution in [0.2, 0.25) is 0 Å². The number of anilines is 1. The normalized spacial score (nSPS) is 16.4. The van der Waals surface area contributed by atoms with Crippen molar-refractivity contribution in [2.24, 2.45) is 5.41 Å². The molecule has 3 aromatic rings. The number of hydrogen-bond acceptors (Lipinski definition) is 6. The number of ketones is 1. The molecule has 2 aromatic carbocycles. The standard InChI is InChI=1S/C26H26N2O5/c1-26(2,3)15-20(29)22-23(18-7-5-6-8-21(18)32-4)28(25(31)24(22)30)17-11-9-16(10-12-17)19-13-14-33-27-19/h5-14,23,30H,15H2,1-4H3. The number of rotatable bonds is 6. The molecule has 1 aliphatic rings. The highest BCUT2D eigenvalue weighted by atomic mass is 16.5. The van der Waals surface area contributed by atoms with E-state index >= 15 is 0 Å². The van der Waals surface area contributed by atoms with Crippen LogP contribution in [-0.2, 0) is 9.59 Å². The summed E-state index contributed by atoms with van der Waals surface area (Å²) in [5.74, 6) is -0.903. The quantitative estimate of drug-likeness (QED) is 0.556. The number of benzene rings is 2. The van der Waals surface area contributed by atoms with Crippen molar-refractivity contribution in [3.05, 3.63) is 77.8 Å². The van der Waals surface area contributed by atoms with Crippen molar-refractivity contribution in [2.75, 3.05) is 12.0 Å². The number of carbonyl (C=O) groups excluding carboxylic acids is 2. The molecule has 1 aliphatic heterocycles. The van der Waals surface area contributed by atoms with Crippen LogP contribution in [0.25, 0.3) is 11.3 Å². The Morgan fingerprint density at radius 1 is 1.12 bits per heavy atom. The second-order valence-electron chi connectivity index (χ2n) is 9.17. The third-order valence-corrected chi connectivity index (χ3v) is 5.51. The van der Waals surface area contributed by atoms with Crippen molar-refractivity contribution in [3.63, 3.8) is 0 Å². The molecule has 2 heterocycles. The molecule has 1 aromatic heterocycles. The summed E-state index contributed by atoms with van der Waals surface area (Å²) < 4.78 is 10.4. The van der Waals surface area contributed by atoms with E-state index < -0.39 is 17.7 Å². The Hall–Kier alpha value is -3.87. The van der Waals surface area contributed by atoms with Gasteiger partial charge in [-0.25, -0.2) is 0 Å². The summed E-state index contributed by atoms with van der Waals surface area (Å²) in [6.45, 7) is 5.83.